The Morgan fingerprint density at radius 3 is 2.68 bits per heavy atom. The molecule has 4 aromatic rings. The minimum atomic E-state index is -0.239. The van der Waals surface area contributed by atoms with Crippen molar-refractivity contribution in [1.29, 1.82) is 0 Å². The van der Waals surface area contributed by atoms with E-state index < -0.39 is 0 Å². The number of fused-ring (bicyclic) bond motifs is 1. The molecule has 1 aliphatic rings. The van der Waals surface area contributed by atoms with Crippen LogP contribution in [0.1, 0.15) is 38.2 Å². The van der Waals surface area contributed by atoms with Crippen molar-refractivity contribution in [2.45, 2.75) is 57.3 Å². The Kier molecular flexibility index (Phi) is 8.03. The van der Waals surface area contributed by atoms with Gasteiger partial charge in [0.25, 0.3) is 0 Å². The maximum Gasteiger partial charge on any atom is 0.126 e. The highest BCUT2D eigenvalue weighted by Gasteiger charge is 2.22. The predicted molar refractivity (Wildman–Crippen MR) is 148 cm³/mol. The lowest BCUT2D eigenvalue weighted by atomic mass is 9.91. The Bertz CT molecular complexity index is 1350. The summed E-state index contributed by atoms with van der Waals surface area (Å²) in [6, 6.07) is 15.7. The highest BCUT2D eigenvalue weighted by atomic mass is 35.5. The summed E-state index contributed by atoms with van der Waals surface area (Å²) >= 11 is 6.60. The van der Waals surface area contributed by atoms with Crippen LogP contribution in [0.25, 0.3) is 22.2 Å². The molecule has 2 aromatic heterocycles. The van der Waals surface area contributed by atoms with Gasteiger partial charge in [0, 0.05) is 44.0 Å². The van der Waals surface area contributed by atoms with Gasteiger partial charge >= 0.3 is 0 Å². The number of methoxy groups -OCH3 is 1. The zero-order chi connectivity index (χ0) is 25.8. The highest BCUT2D eigenvalue weighted by Crippen LogP contribution is 2.32. The van der Waals surface area contributed by atoms with Crippen molar-refractivity contribution < 1.29 is 9.13 Å². The summed E-state index contributed by atoms with van der Waals surface area (Å²) in [4.78, 5) is 9.08. The first-order valence-electron chi connectivity index (χ1n) is 12.9. The molecule has 6 nitrogen and oxygen atoms in total. The third-order valence-corrected chi connectivity index (χ3v) is 7.51. The highest BCUT2D eigenvalue weighted by molar-refractivity contribution is 6.33. The molecule has 0 amide bonds. The third-order valence-electron chi connectivity index (χ3n) is 7.20. The Morgan fingerprint density at radius 2 is 1.89 bits per heavy atom. The van der Waals surface area contributed by atoms with Gasteiger partial charge in [-0.15, -0.1) is 0 Å². The van der Waals surface area contributed by atoms with Crippen LogP contribution in [-0.2, 0) is 11.3 Å². The molecular weight excluding hydrogens is 489 g/mol. The van der Waals surface area contributed by atoms with Gasteiger partial charge in [0.05, 0.1) is 28.5 Å². The lowest BCUT2D eigenvalue weighted by molar-refractivity contribution is 0.112. The van der Waals surface area contributed by atoms with E-state index in [-0.39, 0.29) is 11.9 Å². The van der Waals surface area contributed by atoms with Crippen LogP contribution in [0, 0.1) is 5.82 Å². The van der Waals surface area contributed by atoms with E-state index in [1.807, 2.05) is 28.8 Å². The molecule has 2 aromatic carbocycles. The van der Waals surface area contributed by atoms with Gasteiger partial charge in [0.15, 0.2) is 0 Å². The van der Waals surface area contributed by atoms with Crippen LogP contribution < -0.4 is 10.6 Å². The average molecular weight is 522 g/mol. The van der Waals surface area contributed by atoms with Gasteiger partial charge in [-0.3, -0.25) is 0 Å². The monoisotopic (exact) mass is 521 g/mol. The molecule has 1 atom stereocenters. The van der Waals surface area contributed by atoms with Crippen LogP contribution in [0.5, 0.6) is 0 Å². The van der Waals surface area contributed by atoms with Crippen molar-refractivity contribution in [3.05, 3.63) is 77.5 Å². The van der Waals surface area contributed by atoms with Gasteiger partial charge in [-0.05, 0) is 74.1 Å². The van der Waals surface area contributed by atoms with Gasteiger partial charge < -0.3 is 19.9 Å². The molecule has 194 valence electrons. The Hall–Kier alpha value is -3.00. The largest absolute Gasteiger partial charge is 0.380 e. The molecule has 1 saturated carbocycles. The smallest absolute Gasteiger partial charge is 0.126 e. The fourth-order valence-electron chi connectivity index (χ4n) is 4.99. The van der Waals surface area contributed by atoms with E-state index in [0.717, 1.165) is 65.8 Å². The quantitative estimate of drug-likeness (QED) is 0.271. The minimum absolute atomic E-state index is 0.228. The number of nitrogens with one attached hydrogen (secondary N) is 2. The van der Waals surface area contributed by atoms with Crippen LogP contribution in [0.2, 0.25) is 5.02 Å². The minimum Gasteiger partial charge on any atom is -0.380 e. The number of hydrogen-bond donors (Lipinski definition) is 2. The molecule has 0 radical (unpaired) electrons. The Labute approximate surface area is 222 Å². The molecule has 2 heterocycles. The van der Waals surface area contributed by atoms with E-state index in [9.17, 15) is 4.39 Å². The first kappa shape index (κ1) is 25.6. The van der Waals surface area contributed by atoms with Gasteiger partial charge in [-0.1, -0.05) is 29.8 Å². The standard InChI is InChI=1S/C29H33ClFN5O/c1-19(37-2)15-32-23-7-9-24(10-8-23)35-29-14-25(26(30)16-33-29)21-6-11-27-28(13-21)36(18-34-27)17-20-4-3-5-22(31)12-20/h3-6,11-14,16,18-19,23-24,32H,7-10,15,17H2,1-2H3,(H,33,35). The Balaban J connectivity index is 1.29. The maximum absolute atomic E-state index is 13.7. The van der Waals surface area contributed by atoms with Crippen molar-refractivity contribution in [2.75, 3.05) is 19.0 Å². The lowest BCUT2D eigenvalue weighted by Crippen LogP contribution is -2.40. The molecule has 1 aliphatic carbocycles. The van der Waals surface area contributed by atoms with E-state index >= 15 is 0 Å². The summed E-state index contributed by atoms with van der Waals surface area (Å²) in [5.74, 6) is 0.592. The molecule has 5 rings (SSSR count). The number of rotatable bonds is 9. The summed E-state index contributed by atoms with van der Waals surface area (Å²) in [7, 11) is 1.75. The molecule has 0 saturated heterocycles. The number of benzene rings is 2. The van der Waals surface area contributed by atoms with Gasteiger partial charge in [0.1, 0.15) is 11.6 Å². The third kappa shape index (κ3) is 6.29. The van der Waals surface area contributed by atoms with Crippen molar-refractivity contribution >= 4 is 28.5 Å². The fraction of sp³-hybridized carbons (Fsp3) is 0.379. The van der Waals surface area contributed by atoms with Crippen LogP contribution in [-0.4, -0.2) is 46.4 Å². The zero-order valence-electron chi connectivity index (χ0n) is 21.3. The van der Waals surface area contributed by atoms with E-state index in [4.69, 9.17) is 16.3 Å². The summed E-state index contributed by atoms with van der Waals surface area (Å²) in [5.41, 5.74) is 4.65. The van der Waals surface area contributed by atoms with Crippen LogP contribution >= 0.6 is 11.6 Å². The van der Waals surface area contributed by atoms with Crippen LogP contribution in [0.3, 0.4) is 0 Å². The fourth-order valence-corrected chi connectivity index (χ4v) is 5.20. The molecular formula is C29H33ClFN5O. The summed E-state index contributed by atoms with van der Waals surface area (Å²) in [6.07, 6.45) is 8.16. The number of ether oxygens (including phenoxy) is 1. The van der Waals surface area contributed by atoms with Crippen LogP contribution in [0.15, 0.2) is 61.1 Å². The molecule has 8 heteroatoms. The van der Waals surface area contributed by atoms with Crippen molar-refractivity contribution in [3.8, 4) is 11.1 Å². The van der Waals surface area contributed by atoms with Crippen molar-refractivity contribution in [2.24, 2.45) is 0 Å². The summed E-state index contributed by atoms with van der Waals surface area (Å²) in [5, 5.41) is 7.84. The summed E-state index contributed by atoms with van der Waals surface area (Å²) in [6.45, 7) is 3.50. The maximum atomic E-state index is 13.7. The second kappa shape index (κ2) is 11.6. The second-order valence-corrected chi connectivity index (χ2v) is 10.3. The van der Waals surface area contributed by atoms with Crippen molar-refractivity contribution in [1.82, 2.24) is 19.9 Å². The molecule has 1 fully saturated rings. The van der Waals surface area contributed by atoms with Gasteiger partial charge in [-0.2, -0.15) is 0 Å². The first-order valence-corrected chi connectivity index (χ1v) is 13.2. The molecule has 1 unspecified atom stereocenters. The molecule has 2 N–H and O–H groups in total. The molecule has 0 aliphatic heterocycles. The number of pyridine rings is 1. The van der Waals surface area contributed by atoms with E-state index in [1.165, 1.54) is 6.07 Å². The topological polar surface area (TPSA) is 64.0 Å². The normalized spacial score (nSPS) is 18.7. The number of anilines is 1. The molecule has 37 heavy (non-hydrogen) atoms. The van der Waals surface area contributed by atoms with E-state index in [1.54, 1.807) is 31.8 Å². The van der Waals surface area contributed by atoms with E-state index in [2.05, 4.69) is 33.6 Å². The predicted octanol–water partition coefficient (Wildman–Crippen LogP) is 6.29. The van der Waals surface area contributed by atoms with Crippen LogP contribution in [0.4, 0.5) is 10.2 Å². The number of halogens is 2. The van der Waals surface area contributed by atoms with Gasteiger partial charge in [-0.25, -0.2) is 14.4 Å². The molecule has 0 spiro atoms. The second-order valence-electron chi connectivity index (χ2n) is 9.90. The lowest BCUT2D eigenvalue weighted by Gasteiger charge is -2.30. The number of nitrogens with zero attached hydrogens (tertiary/aromatic N) is 3. The van der Waals surface area contributed by atoms with Gasteiger partial charge in [0.2, 0.25) is 0 Å². The SMILES string of the molecule is COC(C)CNC1CCC(Nc2cc(-c3ccc4ncn(Cc5cccc(F)c5)c4c3)c(Cl)cn2)CC1. The Morgan fingerprint density at radius 1 is 1.08 bits per heavy atom. The first-order chi connectivity index (χ1) is 18.0. The number of aromatic nitrogens is 3. The number of hydrogen-bond acceptors (Lipinski definition) is 5. The zero-order valence-corrected chi connectivity index (χ0v) is 22.0. The molecule has 0 bridgehead atoms. The summed E-state index contributed by atoms with van der Waals surface area (Å²) < 4.78 is 21.1. The average Bonchev–Trinajstić information content (AvgIpc) is 3.31. The number of imidazole rings is 1. The van der Waals surface area contributed by atoms with Crippen molar-refractivity contribution in [3.63, 3.8) is 0 Å². The van der Waals surface area contributed by atoms with E-state index in [0.29, 0.717) is 23.7 Å².